The molecule has 1 aliphatic rings. The second-order valence-corrected chi connectivity index (χ2v) is 10.4. The standard InChI is InChI=1S/C37H30N4/c1-25-33-10-4-5-11-37(33)41(36(25)18-19-38)32-16-14-27(15-17-32)34-22-31(23-35(40-34)30-9-6-20-39-24-30)29-13-12-26-7-2-3-8-28(26)21-29/h2-24,35,40H,38H2,1H3/b19-18-. The summed E-state index contributed by atoms with van der Waals surface area (Å²) in [6.45, 7) is 2.15. The zero-order valence-electron chi connectivity index (χ0n) is 22.8. The number of nitrogens with zero attached hydrogens (tertiary/aromatic N) is 2. The Hall–Kier alpha value is -5.35. The molecule has 4 heteroatoms. The lowest BCUT2D eigenvalue weighted by Gasteiger charge is -2.25. The molecule has 1 aliphatic heterocycles. The van der Waals surface area contributed by atoms with Gasteiger partial charge in [-0.2, -0.15) is 0 Å². The number of dihydropyridines is 1. The number of rotatable bonds is 5. The van der Waals surface area contributed by atoms with Crippen LogP contribution >= 0.6 is 0 Å². The van der Waals surface area contributed by atoms with Crippen LogP contribution in [0.15, 0.2) is 134 Å². The highest BCUT2D eigenvalue weighted by atomic mass is 15.0. The van der Waals surface area contributed by atoms with E-state index in [1.807, 2.05) is 24.5 Å². The van der Waals surface area contributed by atoms with Gasteiger partial charge in [-0.3, -0.25) is 4.98 Å². The number of aromatic nitrogens is 2. The van der Waals surface area contributed by atoms with E-state index in [9.17, 15) is 0 Å². The molecule has 2 aromatic heterocycles. The number of para-hydroxylation sites is 1. The number of nitrogens with one attached hydrogen (secondary N) is 1. The van der Waals surface area contributed by atoms with Crippen LogP contribution in [0.2, 0.25) is 0 Å². The summed E-state index contributed by atoms with van der Waals surface area (Å²) in [5.74, 6) is 0. The van der Waals surface area contributed by atoms with Crippen LogP contribution in [0.25, 0.3) is 44.7 Å². The number of allylic oxidation sites excluding steroid dienone is 2. The fourth-order valence-corrected chi connectivity index (χ4v) is 5.87. The molecule has 41 heavy (non-hydrogen) atoms. The minimum absolute atomic E-state index is 0.00202. The molecule has 4 nitrogen and oxygen atoms in total. The minimum Gasteiger partial charge on any atom is -0.405 e. The van der Waals surface area contributed by atoms with Crippen LogP contribution in [0.3, 0.4) is 0 Å². The van der Waals surface area contributed by atoms with Crippen molar-refractivity contribution < 1.29 is 0 Å². The van der Waals surface area contributed by atoms with E-state index < -0.39 is 0 Å². The highest BCUT2D eigenvalue weighted by Crippen LogP contribution is 2.34. The SMILES string of the molecule is Cc1c(/C=C\N)n(-c2ccc(C3=CC(c4ccc5ccccc5c4)=CC(c4cccnc4)N3)cc2)c2ccccc12. The molecule has 0 bridgehead atoms. The summed E-state index contributed by atoms with van der Waals surface area (Å²) in [4.78, 5) is 4.39. The summed E-state index contributed by atoms with van der Waals surface area (Å²) in [6, 6.07) is 36.5. The number of benzene rings is 4. The van der Waals surface area contributed by atoms with E-state index in [0.717, 1.165) is 28.2 Å². The first-order valence-electron chi connectivity index (χ1n) is 13.9. The number of aryl methyl sites for hydroxylation is 1. The van der Waals surface area contributed by atoms with Gasteiger partial charge < -0.3 is 15.6 Å². The smallest absolute Gasteiger partial charge is 0.0722 e. The van der Waals surface area contributed by atoms with Crippen LogP contribution in [0.4, 0.5) is 0 Å². The molecule has 198 valence electrons. The largest absolute Gasteiger partial charge is 0.405 e. The summed E-state index contributed by atoms with van der Waals surface area (Å²) < 4.78 is 2.28. The maximum atomic E-state index is 5.85. The Kier molecular flexibility index (Phi) is 6.21. The van der Waals surface area contributed by atoms with Gasteiger partial charge in [0.25, 0.3) is 0 Å². The molecule has 0 aliphatic carbocycles. The first kappa shape index (κ1) is 24.7. The van der Waals surface area contributed by atoms with Gasteiger partial charge in [-0.05, 0) is 100 Å². The van der Waals surface area contributed by atoms with Crippen molar-refractivity contribution in [2.45, 2.75) is 13.0 Å². The lowest BCUT2D eigenvalue weighted by Crippen LogP contribution is -2.21. The van der Waals surface area contributed by atoms with E-state index in [2.05, 4.69) is 131 Å². The summed E-state index contributed by atoms with van der Waals surface area (Å²) in [6.07, 6.45) is 11.9. The molecule has 3 heterocycles. The zero-order chi connectivity index (χ0) is 27.8. The Labute approximate surface area is 239 Å². The number of hydrogen-bond acceptors (Lipinski definition) is 3. The lowest BCUT2D eigenvalue weighted by atomic mass is 9.93. The van der Waals surface area contributed by atoms with Crippen molar-refractivity contribution in [1.29, 1.82) is 0 Å². The first-order chi connectivity index (χ1) is 20.2. The lowest BCUT2D eigenvalue weighted by molar-refractivity contribution is 0.762. The van der Waals surface area contributed by atoms with E-state index in [1.165, 1.54) is 38.4 Å². The van der Waals surface area contributed by atoms with Crippen LogP contribution < -0.4 is 11.1 Å². The van der Waals surface area contributed by atoms with Gasteiger partial charge in [-0.1, -0.05) is 72.8 Å². The predicted octanol–water partition coefficient (Wildman–Crippen LogP) is 8.19. The Morgan fingerprint density at radius 3 is 2.41 bits per heavy atom. The average Bonchev–Trinajstić information content (AvgIpc) is 3.32. The zero-order valence-corrected chi connectivity index (χ0v) is 22.8. The van der Waals surface area contributed by atoms with Crippen molar-refractivity contribution in [3.63, 3.8) is 0 Å². The molecule has 1 atom stereocenters. The number of nitrogens with two attached hydrogens (primary N) is 1. The van der Waals surface area contributed by atoms with Crippen molar-refractivity contribution in [2.24, 2.45) is 5.73 Å². The van der Waals surface area contributed by atoms with Crippen molar-refractivity contribution in [2.75, 3.05) is 0 Å². The molecule has 0 amide bonds. The van der Waals surface area contributed by atoms with E-state index in [0.29, 0.717) is 0 Å². The maximum Gasteiger partial charge on any atom is 0.0722 e. The van der Waals surface area contributed by atoms with E-state index in [1.54, 1.807) is 6.20 Å². The van der Waals surface area contributed by atoms with Crippen molar-refractivity contribution in [3.8, 4) is 5.69 Å². The molecule has 3 N–H and O–H groups in total. The summed E-state index contributed by atoms with van der Waals surface area (Å²) >= 11 is 0. The Morgan fingerprint density at radius 1 is 0.829 bits per heavy atom. The molecule has 0 saturated carbocycles. The quantitative estimate of drug-likeness (QED) is 0.236. The maximum absolute atomic E-state index is 5.85. The Bertz CT molecular complexity index is 1980. The van der Waals surface area contributed by atoms with Gasteiger partial charge in [0.05, 0.1) is 17.3 Å². The fourth-order valence-electron chi connectivity index (χ4n) is 5.87. The third kappa shape index (κ3) is 4.50. The third-order valence-electron chi connectivity index (χ3n) is 7.95. The second kappa shape index (κ2) is 10.3. The van der Waals surface area contributed by atoms with Gasteiger partial charge in [0.15, 0.2) is 0 Å². The van der Waals surface area contributed by atoms with Gasteiger partial charge in [-0.15, -0.1) is 0 Å². The van der Waals surface area contributed by atoms with Crippen LogP contribution in [0.1, 0.15) is 34.0 Å². The highest BCUT2D eigenvalue weighted by molar-refractivity contribution is 5.92. The van der Waals surface area contributed by atoms with Crippen LogP contribution in [0, 0.1) is 6.92 Å². The highest BCUT2D eigenvalue weighted by Gasteiger charge is 2.19. The van der Waals surface area contributed by atoms with Gasteiger partial charge in [-0.25, -0.2) is 0 Å². The fraction of sp³-hybridized carbons (Fsp3) is 0.0541. The average molecular weight is 531 g/mol. The van der Waals surface area contributed by atoms with Crippen molar-refractivity contribution >= 4 is 39.0 Å². The van der Waals surface area contributed by atoms with E-state index >= 15 is 0 Å². The molecule has 1 unspecified atom stereocenters. The van der Waals surface area contributed by atoms with Crippen LogP contribution in [0.5, 0.6) is 0 Å². The van der Waals surface area contributed by atoms with Gasteiger partial charge in [0.1, 0.15) is 0 Å². The minimum atomic E-state index is 0.00202. The molecule has 6 aromatic rings. The van der Waals surface area contributed by atoms with Crippen molar-refractivity contribution in [1.82, 2.24) is 14.9 Å². The normalized spacial score (nSPS) is 15.2. The van der Waals surface area contributed by atoms with Crippen LogP contribution in [-0.2, 0) is 0 Å². The Balaban J connectivity index is 1.31. The predicted molar refractivity (Wildman–Crippen MR) is 171 cm³/mol. The monoisotopic (exact) mass is 530 g/mol. The molecular formula is C37H30N4. The summed E-state index contributed by atoms with van der Waals surface area (Å²) in [5, 5.41) is 7.46. The Morgan fingerprint density at radius 2 is 1.61 bits per heavy atom. The molecule has 7 rings (SSSR count). The number of fused-ring (bicyclic) bond motifs is 2. The topological polar surface area (TPSA) is 55.9 Å². The molecule has 4 aromatic carbocycles. The summed E-state index contributed by atoms with van der Waals surface area (Å²) in [5.41, 5.74) is 16.1. The van der Waals surface area contributed by atoms with Gasteiger partial charge in [0, 0.05) is 29.2 Å². The molecule has 0 spiro atoms. The van der Waals surface area contributed by atoms with E-state index in [4.69, 9.17) is 5.73 Å². The van der Waals surface area contributed by atoms with E-state index in [-0.39, 0.29) is 6.04 Å². The molecule has 0 saturated heterocycles. The second-order valence-electron chi connectivity index (χ2n) is 10.4. The summed E-state index contributed by atoms with van der Waals surface area (Å²) in [7, 11) is 0. The van der Waals surface area contributed by atoms with Crippen LogP contribution in [-0.4, -0.2) is 9.55 Å². The molecule has 0 radical (unpaired) electrons. The molecule has 0 fully saturated rings. The first-order valence-corrected chi connectivity index (χ1v) is 13.9. The molecular weight excluding hydrogens is 500 g/mol. The van der Waals surface area contributed by atoms with Gasteiger partial charge in [0.2, 0.25) is 0 Å². The number of hydrogen-bond donors (Lipinski definition) is 2. The van der Waals surface area contributed by atoms with Gasteiger partial charge >= 0.3 is 0 Å². The van der Waals surface area contributed by atoms with Crippen molar-refractivity contribution in [3.05, 3.63) is 162 Å². The third-order valence-corrected chi connectivity index (χ3v) is 7.95. The number of pyridine rings is 1.